The number of para-hydroxylation sites is 1. The Morgan fingerprint density at radius 1 is 1.25 bits per heavy atom. The molecule has 16 heavy (non-hydrogen) atoms. The lowest BCUT2D eigenvalue weighted by atomic mass is 10.3. The molecule has 0 aliphatic rings. The Bertz CT molecular complexity index is 434. The molecule has 3 heteroatoms. The summed E-state index contributed by atoms with van der Waals surface area (Å²) in [6, 6.07) is 10.2. The van der Waals surface area contributed by atoms with Gasteiger partial charge in [-0.25, -0.2) is 4.98 Å². The largest absolute Gasteiger partial charge is 0.487 e. The molecule has 2 aromatic rings. The van der Waals surface area contributed by atoms with Crippen LogP contribution in [0.5, 0.6) is 5.75 Å². The van der Waals surface area contributed by atoms with E-state index in [0.717, 1.165) is 11.4 Å². The molecule has 3 nitrogen and oxygen atoms in total. The SMILES string of the molecule is CC(C)n1cnc(COc2ccccc2)c1. The summed E-state index contributed by atoms with van der Waals surface area (Å²) in [5, 5.41) is 0. The molecule has 0 atom stereocenters. The molecule has 0 radical (unpaired) electrons. The third kappa shape index (κ3) is 2.63. The van der Waals surface area contributed by atoms with Crippen LogP contribution >= 0.6 is 0 Å². The van der Waals surface area contributed by atoms with Gasteiger partial charge in [0.15, 0.2) is 0 Å². The van der Waals surface area contributed by atoms with Crippen LogP contribution in [0.15, 0.2) is 42.9 Å². The molecule has 0 aliphatic carbocycles. The molecule has 0 saturated carbocycles. The second-order valence-electron chi connectivity index (χ2n) is 4.01. The van der Waals surface area contributed by atoms with Crippen LogP contribution in [-0.4, -0.2) is 9.55 Å². The number of rotatable bonds is 4. The zero-order valence-corrected chi connectivity index (χ0v) is 9.63. The summed E-state index contributed by atoms with van der Waals surface area (Å²) in [5.41, 5.74) is 0.956. The molecular formula is C13H16N2O. The fourth-order valence-corrected chi connectivity index (χ4v) is 1.41. The molecule has 0 spiro atoms. The first-order valence-electron chi connectivity index (χ1n) is 5.46. The highest BCUT2D eigenvalue weighted by atomic mass is 16.5. The Balaban J connectivity index is 1.95. The number of hydrogen-bond donors (Lipinski definition) is 0. The third-order valence-electron chi connectivity index (χ3n) is 2.38. The van der Waals surface area contributed by atoms with Gasteiger partial charge in [0.05, 0.1) is 12.0 Å². The number of nitrogens with zero attached hydrogens (tertiary/aromatic N) is 2. The van der Waals surface area contributed by atoms with Crippen molar-refractivity contribution < 1.29 is 4.74 Å². The highest BCUT2D eigenvalue weighted by molar-refractivity contribution is 5.21. The fourth-order valence-electron chi connectivity index (χ4n) is 1.41. The van der Waals surface area contributed by atoms with Crippen molar-refractivity contribution in [3.8, 4) is 5.75 Å². The van der Waals surface area contributed by atoms with Gasteiger partial charge in [-0.3, -0.25) is 0 Å². The van der Waals surface area contributed by atoms with E-state index in [2.05, 4.69) is 23.4 Å². The monoisotopic (exact) mass is 216 g/mol. The molecule has 0 unspecified atom stereocenters. The van der Waals surface area contributed by atoms with E-state index in [0.29, 0.717) is 12.6 Å². The summed E-state index contributed by atoms with van der Waals surface area (Å²) in [5.74, 6) is 0.876. The molecular weight excluding hydrogens is 200 g/mol. The van der Waals surface area contributed by atoms with Crippen molar-refractivity contribution in [2.24, 2.45) is 0 Å². The van der Waals surface area contributed by atoms with E-state index >= 15 is 0 Å². The first-order chi connectivity index (χ1) is 7.75. The number of ether oxygens (including phenoxy) is 1. The van der Waals surface area contributed by atoms with Gasteiger partial charge in [-0.2, -0.15) is 0 Å². The lowest BCUT2D eigenvalue weighted by Gasteiger charge is -2.05. The van der Waals surface area contributed by atoms with Gasteiger partial charge in [-0.1, -0.05) is 18.2 Å². The summed E-state index contributed by atoms with van der Waals surface area (Å²) in [7, 11) is 0. The van der Waals surface area contributed by atoms with Gasteiger partial charge in [-0.15, -0.1) is 0 Å². The Labute approximate surface area is 95.7 Å². The smallest absolute Gasteiger partial charge is 0.132 e. The number of imidazole rings is 1. The minimum absolute atomic E-state index is 0.443. The van der Waals surface area contributed by atoms with Crippen LogP contribution in [0.1, 0.15) is 25.6 Å². The van der Waals surface area contributed by atoms with E-state index in [1.165, 1.54) is 0 Å². The van der Waals surface area contributed by atoms with Crippen molar-refractivity contribution in [1.29, 1.82) is 0 Å². The molecule has 1 aromatic heterocycles. The standard InChI is InChI=1S/C13H16N2O/c1-11(2)15-8-12(14-10-15)9-16-13-6-4-3-5-7-13/h3-8,10-11H,9H2,1-2H3. The fraction of sp³-hybridized carbons (Fsp3) is 0.308. The second kappa shape index (κ2) is 4.84. The van der Waals surface area contributed by atoms with Gasteiger partial charge in [-0.05, 0) is 26.0 Å². The maximum absolute atomic E-state index is 5.61. The molecule has 0 aliphatic heterocycles. The number of benzene rings is 1. The highest BCUT2D eigenvalue weighted by Gasteiger charge is 2.02. The van der Waals surface area contributed by atoms with Gasteiger partial charge in [0.25, 0.3) is 0 Å². The third-order valence-corrected chi connectivity index (χ3v) is 2.38. The van der Waals surface area contributed by atoms with Crippen molar-refractivity contribution in [3.63, 3.8) is 0 Å². The van der Waals surface area contributed by atoms with Gasteiger partial charge in [0.2, 0.25) is 0 Å². The van der Waals surface area contributed by atoms with E-state index in [-0.39, 0.29) is 0 Å². The van der Waals surface area contributed by atoms with Gasteiger partial charge in [0, 0.05) is 12.2 Å². The van der Waals surface area contributed by atoms with Crippen LogP contribution in [0.3, 0.4) is 0 Å². The quantitative estimate of drug-likeness (QED) is 0.785. The molecule has 1 aromatic carbocycles. The Morgan fingerprint density at radius 3 is 2.62 bits per heavy atom. The van der Waals surface area contributed by atoms with Gasteiger partial charge in [0.1, 0.15) is 12.4 Å². The summed E-state index contributed by atoms with van der Waals surface area (Å²) >= 11 is 0. The van der Waals surface area contributed by atoms with Crippen molar-refractivity contribution >= 4 is 0 Å². The number of aromatic nitrogens is 2. The molecule has 1 heterocycles. The van der Waals surface area contributed by atoms with Crippen LogP contribution in [-0.2, 0) is 6.61 Å². The number of hydrogen-bond acceptors (Lipinski definition) is 2. The van der Waals surface area contributed by atoms with Crippen molar-refractivity contribution in [1.82, 2.24) is 9.55 Å². The predicted octanol–water partition coefficient (Wildman–Crippen LogP) is 3.04. The van der Waals surface area contributed by atoms with Crippen molar-refractivity contribution in [2.75, 3.05) is 0 Å². The van der Waals surface area contributed by atoms with Crippen LogP contribution in [0.25, 0.3) is 0 Å². The molecule has 0 amide bonds. The molecule has 0 fully saturated rings. The topological polar surface area (TPSA) is 27.1 Å². The van der Waals surface area contributed by atoms with E-state index < -0.39 is 0 Å². The zero-order chi connectivity index (χ0) is 11.4. The lowest BCUT2D eigenvalue weighted by Crippen LogP contribution is -1.97. The summed E-state index contributed by atoms with van der Waals surface area (Å²) in [4.78, 5) is 4.29. The van der Waals surface area contributed by atoms with E-state index in [4.69, 9.17) is 4.74 Å². The van der Waals surface area contributed by atoms with E-state index in [9.17, 15) is 0 Å². The molecule has 0 saturated heterocycles. The van der Waals surface area contributed by atoms with Crippen LogP contribution in [0, 0.1) is 0 Å². The minimum Gasteiger partial charge on any atom is -0.487 e. The zero-order valence-electron chi connectivity index (χ0n) is 9.63. The van der Waals surface area contributed by atoms with Crippen molar-refractivity contribution in [3.05, 3.63) is 48.5 Å². The Morgan fingerprint density at radius 2 is 2.00 bits per heavy atom. The predicted molar refractivity (Wildman–Crippen MR) is 63.4 cm³/mol. The average Bonchev–Trinajstić information content (AvgIpc) is 2.76. The van der Waals surface area contributed by atoms with Crippen molar-refractivity contribution in [2.45, 2.75) is 26.5 Å². The van der Waals surface area contributed by atoms with E-state index in [1.54, 1.807) is 0 Å². The lowest BCUT2D eigenvalue weighted by molar-refractivity contribution is 0.301. The Hall–Kier alpha value is -1.77. The first kappa shape index (κ1) is 10.7. The van der Waals surface area contributed by atoms with E-state index in [1.807, 2.05) is 42.9 Å². The van der Waals surface area contributed by atoms with Crippen LogP contribution in [0.2, 0.25) is 0 Å². The maximum atomic E-state index is 5.61. The normalized spacial score (nSPS) is 10.7. The molecule has 84 valence electrons. The first-order valence-corrected chi connectivity index (χ1v) is 5.46. The molecule has 0 N–H and O–H groups in total. The summed E-state index contributed by atoms with van der Waals surface area (Å²) in [6.07, 6.45) is 3.86. The molecule has 2 rings (SSSR count). The minimum atomic E-state index is 0.443. The van der Waals surface area contributed by atoms with Gasteiger partial charge < -0.3 is 9.30 Å². The van der Waals surface area contributed by atoms with Gasteiger partial charge >= 0.3 is 0 Å². The maximum Gasteiger partial charge on any atom is 0.132 e. The van der Waals surface area contributed by atoms with Crippen LogP contribution in [0.4, 0.5) is 0 Å². The average molecular weight is 216 g/mol. The second-order valence-corrected chi connectivity index (χ2v) is 4.01. The Kier molecular flexibility index (Phi) is 3.25. The highest BCUT2D eigenvalue weighted by Crippen LogP contribution is 2.11. The molecule has 0 bridgehead atoms. The summed E-state index contributed by atoms with van der Waals surface area (Å²) in [6.45, 7) is 4.77. The summed E-state index contributed by atoms with van der Waals surface area (Å²) < 4.78 is 7.68. The van der Waals surface area contributed by atoms with Crippen LogP contribution < -0.4 is 4.74 Å².